The Balaban J connectivity index is 2.47. The lowest BCUT2D eigenvalue weighted by molar-refractivity contribution is 0.146. The zero-order valence-electron chi connectivity index (χ0n) is 9.28. The Kier molecular flexibility index (Phi) is 4.84. The minimum absolute atomic E-state index is 0.220. The van der Waals surface area contributed by atoms with Gasteiger partial charge in [0.15, 0.2) is 0 Å². The van der Waals surface area contributed by atoms with Crippen molar-refractivity contribution in [2.45, 2.75) is 25.3 Å². The van der Waals surface area contributed by atoms with E-state index in [4.69, 9.17) is 10.8 Å². The van der Waals surface area contributed by atoms with Crippen LogP contribution in [0.2, 0.25) is 0 Å². The fourth-order valence-electron chi connectivity index (χ4n) is 2.18. The lowest BCUT2D eigenvalue weighted by atomic mass is 9.90. The van der Waals surface area contributed by atoms with Crippen LogP contribution in [0.3, 0.4) is 0 Å². The first kappa shape index (κ1) is 12.3. The molecule has 15 heavy (non-hydrogen) atoms. The van der Waals surface area contributed by atoms with E-state index in [-0.39, 0.29) is 12.6 Å². The van der Waals surface area contributed by atoms with Gasteiger partial charge in [-0.2, -0.15) is 0 Å². The molecule has 1 heterocycles. The number of carbonyl (C=O) groups excluding carboxylic acids is 1. The smallest absolute Gasteiger partial charge is 0.314 e. The van der Waals surface area contributed by atoms with E-state index in [0.29, 0.717) is 18.5 Å². The number of primary amides is 1. The number of nitrogens with two attached hydrogens (primary N) is 1. The number of urea groups is 1. The van der Waals surface area contributed by atoms with Crippen molar-refractivity contribution in [2.75, 3.05) is 26.7 Å². The number of nitrogens with one attached hydrogen (secondary N) is 1. The third-order valence-corrected chi connectivity index (χ3v) is 3.03. The number of aliphatic hydroxyl groups excluding tert-OH is 1. The molecule has 1 fully saturated rings. The molecule has 1 saturated heterocycles. The van der Waals surface area contributed by atoms with Gasteiger partial charge in [-0.25, -0.2) is 4.79 Å². The Labute approximate surface area is 90.6 Å². The van der Waals surface area contributed by atoms with Crippen LogP contribution in [0, 0.1) is 5.92 Å². The van der Waals surface area contributed by atoms with Gasteiger partial charge in [0.2, 0.25) is 0 Å². The molecule has 0 radical (unpaired) electrons. The minimum Gasteiger partial charge on any atom is -0.396 e. The Morgan fingerprint density at radius 1 is 1.60 bits per heavy atom. The van der Waals surface area contributed by atoms with Crippen molar-refractivity contribution < 1.29 is 9.90 Å². The van der Waals surface area contributed by atoms with Crippen molar-refractivity contribution in [2.24, 2.45) is 11.7 Å². The first-order valence-electron chi connectivity index (χ1n) is 5.50. The van der Waals surface area contributed by atoms with E-state index in [9.17, 15) is 4.79 Å². The van der Waals surface area contributed by atoms with Crippen LogP contribution in [0.1, 0.15) is 19.3 Å². The fraction of sp³-hybridized carbons (Fsp3) is 0.900. The van der Waals surface area contributed by atoms with Crippen LogP contribution in [-0.2, 0) is 0 Å². The van der Waals surface area contributed by atoms with Crippen molar-refractivity contribution in [3.05, 3.63) is 0 Å². The summed E-state index contributed by atoms with van der Waals surface area (Å²) >= 11 is 0. The average molecular weight is 215 g/mol. The summed E-state index contributed by atoms with van der Waals surface area (Å²) in [6.07, 6.45) is 2.81. The highest BCUT2D eigenvalue weighted by atomic mass is 16.2. The molecule has 0 spiro atoms. The van der Waals surface area contributed by atoms with Crippen LogP contribution in [0.25, 0.3) is 0 Å². The molecule has 5 nitrogen and oxygen atoms in total. The quantitative estimate of drug-likeness (QED) is 0.605. The topological polar surface area (TPSA) is 78.6 Å². The number of likely N-dealkylation sites (N-methyl/N-ethyl adjacent to an activating group) is 1. The molecule has 2 amide bonds. The maximum atomic E-state index is 11.1. The molecule has 2 unspecified atom stereocenters. The maximum absolute atomic E-state index is 11.1. The van der Waals surface area contributed by atoms with E-state index in [2.05, 4.69) is 5.32 Å². The highest BCUT2D eigenvalue weighted by Crippen LogP contribution is 2.20. The second-order valence-electron chi connectivity index (χ2n) is 4.20. The van der Waals surface area contributed by atoms with Crippen LogP contribution in [0.5, 0.6) is 0 Å². The van der Waals surface area contributed by atoms with E-state index in [1.54, 1.807) is 4.90 Å². The molecule has 4 N–H and O–H groups in total. The third-order valence-electron chi connectivity index (χ3n) is 3.03. The van der Waals surface area contributed by atoms with Crippen LogP contribution in [-0.4, -0.2) is 48.8 Å². The number of carbonyl (C=O) groups is 1. The number of amides is 2. The van der Waals surface area contributed by atoms with Gasteiger partial charge in [0.25, 0.3) is 0 Å². The lowest BCUT2D eigenvalue weighted by Gasteiger charge is -2.36. The normalized spacial score (nSPS) is 26.7. The van der Waals surface area contributed by atoms with Gasteiger partial charge in [-0.15, -0.1) is 0 Å². The number of nitrogens with zero attached hydrogens (tertiary/aromatic N) is 1. The average Bonchev–Trinajstić information content (AvgIpc) is 2.25. The standard InChI is InChI=1S/C10H21N3O2/c1-12-9-5-8(3-2-4-14)6-13(7-9)10(11)15/h8-9,12,14H,2-7H2,1H3,(H2,11,15). The van der Waals surface area contributed by atoms with E-state index in [1.165, 1.54) is 0 Å². The first-order valence-corrected chi connectivity index (χ1v) is 5.50. The molecule has 0 aromatic rings. The van der Waals surface area contributed by atoms with Crippen LogP contribution < -0.4 is 11.1 Å². The van der Waals surface area contributed by atoms with Gasteiger partial charge in [0, 0.05) is 25.7 Å². The summed E-state index contributed by atoms with van der Waals surface area (Å²) in [6.45, 7) is 1.65. The number of piperidine rings is 1. The van der Waals surface area contributed by atoms with Crippen molar-refractivity contribution in [1.82, 2.24) is 10.2 Å². The summed E-state index contributed by atoms with van der Waals surface area (Å²) in [5.74, 6) is 0.454. The summed E-state index contributed by atoms with van der Waals surface area (Å²) < 4.78 is 0. The molecule has 0 aromatic heterocycles. The highest BCUT2D eigenvalue weighted by molar-refractivity contribution is 5.72. The molecular formula is C10H21N3O2. The Morgan fingerprint density at radius 3 is 2.87 bits per heavy atom. The van der Waals surface area contributed by atoms with E-state index >= 15 is 0 Å². The van der Waals surface area contributed by atoms with Crippen LogP contribution in [0.15, 0.2) is 0 Å². The third kappa shape index (κ3) is 3.68. The second-order valence-corrected chi connectivity index (χ2v) is 4.20. The van der Waals surface area contributed by atoms with Crippen molar-refractivity contribution in [3.63, 3.8) is 0 Å². The van der Waals surface area contributed by atoms with Crippen molar-refractivity contribution in [1.29, 1.82) is 0 Å². The van der Waals surface area contributed by atoms with E-state index < -0.39 is 0 Å². The van der Waals surface area contributed by atoms with Crippen LogP contribution >= 0.6 is 0 Å². The molecular weight excluding hydrogens is 194 g/mol. The summed E-state index contributed by atoms with van der Waals surface area (Å²) in [6, 6.07) is -0.0149. The maximum Gasteiger partial charge on any atom is 0.314 e. The zero-order chi connectivity index (χ0) is 11.3. The summed E-state index contributed by atoms with van der Waals surface area (Å²) in [4.78, 5) is 12.8. The molecule has 5 heteroatoms. The molecule has 0 saturated carbocycles. The Bertz CT molecular complexity index is 211. The summed E-state index contributed by atoms with van der Waals surface area (Å²) in [5.41, 5.74) is 5.28. The zero-order valence-corrected chi connectivity index (χ0v) is 9.28. The Hall–Kier alpha value is -0.810. The molecule has 1 aliphatic rings. The fourth-order valence-corrected chi connectivity index (χ4v) is 2.18. The molecule has 1 aliphatic heterocycles. The largest absolute Gasteiger partial charge is 0.396 e. The van der Waals surface area contributed by atoms with Gasteiger partial charge >= 0.3 is 6.03 Å². The SMILES string of the molecule is CNC1CC(CCCO)CN(C(N)=O)C1. The number of likely N-dealkylation sites (tertiary alicyclic amines) is 1. The van der Waals surface area contributed by atoms with E-state index in [0.717, 1.165) is 25.8 Å². The minimum atomic E-state index is -0.344. The Morgan fingerprint density at radius 2 is 2.33 bits per heavy atom. The van der Waals surface area contributed by atoms with Gasteiger partial charge in [-0.1, -0.05) is 0 Å². The van der Waals surface area contributed by atoms with Crippen molar-refractivity contribution in [3.8, 4) is 0 Å². The predicted molar refractivity (Wildman–Crippen MR) is 58.4 cm³/mol. The molecule has 1 rings (SSSR count). The molecule has 2 atom stereocenters. The van der Waals surface area contributed by atoms with Gasteiger partial charge in [-0.3, -0.25) is 0 Å². The molecule has 0 bridgehead atoms. The van der Waals surface area contributed by atoms with Gasteiger partial charge in [0.1, 0.15) is 0 Å². The van der Waals surface area contributed by atoms with Crippen molar-refractivity contribution >= 4 is 6.03 Å². The van der Waals surface area contributed by atoms with E-state index in [1.807, 2.05) is 7.05 Å². The monoisotopic (exact) mass is 215 g/mol. The van der Waals surface area contributed by atoms with Gasteiger partial charge < -0.3 is 21.1 Å². The highest BCUT2D eigenvalue weighted by Gasteiger charge is 2.27. The summed E-state index contributed by atoms with van der Waals surface area (Å²) in [5, 5.41) is 12.0. The number of rotatable bonds is 4. The molecule has 88 valence electrons. The second kappa shape index (κ2) is 5.92. The van der Waals surface area contributed by atoms with Gasteiger partial charge in [-0.05, 0) is 32.2 Å². The number of hydrogen-bond acceptors (Lipinski definition) is 3. The number of hydrogen-bond donors (Lipinski definition) is 3. The first-order chi connectivity index (χ1) is 7.17. The van der Waals surface area contributed by atoms with Crippen LogP contribution in [0.4, 0.5) is 4.79 Å². The molecule has 0 aromatic carbocycles. The van der Waals surface area contributed by atoms with Gasteiger partial charge in [0.05, 0.1) is 0 Å². The predicted octanol–water partition coefficient (Wildman–Crippen LogP) is -0.252. The molecule has 0 aliphatic carbocycles. The lowest BCUT2D eigenvalue weighted by Crippen LogP contribution is -2.52. The summed E-state index contributed by atoms with van der Waals surface area (Å²) in [7, 11) is 1.90. The number of aliphatic hydroxyl groups is 1.